The number of hydrogen-bond donors (Lipinski definition) is 1. The second kappa shape index (κ2) is 9.55. The fourth-order valence-electron chi connectivity index (χ4n) is 3.24. The fraction of sp³-hybridized carbons (Fsp3) is 0.238. The van der Waals surface area contributed by atoms with Gasteiger partial charge in [-0.3, -0.25) is 10.1 Å². The Hall–Kier alpha value is -2.50. The Kier molecular flexibility index (Phi) is 6.77. The number of morpholine rings is 1. The van der Waals surface area contributed by atoms with Gasteiger partial charge in [0.15, 0.2) is 5.13 Å². The number of amides is 1. The highest BCUT2D eigenvalue weighted by Gasteiger charge is 2.30. The Morgan fingerprint density at radius 3 is 2.69 bits per heavy atom. The number of aromatic nitrogens is 1. The van der Waals surface area contributed by atoms with E-state index < -0.39 is 15.9 Å². The summed E-state index contributed by atoms with van der Waals surface area (Å²) in [6, 6.07) is 11.6. The molecule has 0 saturated carbocycles. The number of halogens is 1. The van der Waals surface area contributed by atoms with Crippen molar-refractivity contribution in [2.24, 2.45) is 0 Å². The highest BCUT2D eigenvalue weighted by Crippen LogP contribution is 2.31. The van der Waals surface area contributed by atoms with Crippen molar-refractivity contribution in [3.63, 3.8) is 0 Å². The predicted octanol–water partition coefficient (Wildman–Crippen LogP) is 3.75. The van der Waals surface area contributed by atoms with Gasteiger partial charge in [-0.15, -0.1) is 11.3 Å². The van der Waals surface area contributed by atoms with Crippen LogP contribution in [0.2, 0.25) is 5.02 Å². The molecule has 0 radical (unpaired) electrons. The molecular formula is C21H20ClN3O5S2. The molecule has 8 nitrogen and oxygen atoms in total. The molecule has 4 rings (SSSR count). The summed E-state index contributed by atoms with van der Waals surface area (Å²) >= 11 is 7.47. The first kappa shape index (κ1) is 22.7. The monoisotopic (exact) mass is 493 g/mol. The van der Waals surface area contributed by atoms with Crippen LogP contribution >= 0.6 is 22.9 Å². The van der Waals surface area contributed by atoms with E-state index in [0.717, 1.165) is 5.56 Å². The van der Waals surface area contributed by atoms with Crippen molar-refractivity contribution in [2.45, 2.75) is 4.90 Å². The molecule has 1 amide bonds. The van der Waals surface area contributed by atoms with Crippen LogP contribution in [0, 0.1) is 0 Å². The Morgan fingerprint density at radius 2 is 1.97 bits per heavy atom. The summed E-state index contributed by atoms with van der Waals surface area (Å²) in [6.45, 7) is 1.12. The summed E-state index contributed by atoms with van der Waals surface area (Å²) in [7, 11) is -2.46. The van der Waals surface area contributed by atoms with Gasteiger partial charge in [0.1, 0.15) is 10.6 Å². The van der Waals surface area contributed by atoms with Crippen molar-refractivity contribution < 1.29 is 22.7 Å². The van der Waals surface area contributed by atoms with Gasteiger partial charge < -0.3 is 9.47 Å². The zero-order valence-electron chi connectivity index (χ0n) is 17.1. The van der Waals surface area contributed by atoms with Crippen molar-refractivity contribution in [2.75, 3.05) is 38.7 Å². The lowest BCUT2D eigenvalue weighted by Crippen LogP contribution is -2.40. The lowest BCUT2D eigenvalue weighted by atomic mass is 10.2. The fourth-order valence-corrected chi connectivity index (χ4v) is 5.77. The highest BCUT2D eigenvalue weighted by atomic mass is 35.5. The maximum atomic E-state index is 13.1. The van der Waals surface area contributed by atoms with Gasteiger partial charge >= 0.3 is 0 Å². The number of thiazole rings is 1. The van der Waals surface area contributed by atoms with E-state index in [-0.39, 0.29) is 29.3 Å². The van der Waals surface area contributed by atoms with Crippen LogP contribution in [0.4, 0.5) is 5.13 Å². The van der Waals surface area contributed by atoms with Crippen LogP contribution in [0.1, 0.15) is 10.4 Å². The molecule has 1 saturated heterocycles. The van der Waals surface area contributed by atoms with Crippen LogP contribution in [-0.2, 0) is 14.8 Å². The van der Waals surface area contributed by atoms with E-state index in [0.29, 0.717) is 29.1 Å². The normalized spacial score (nSPS) is 14.8. The molecule has 168 valence electrons. The van der Waals surface area contributed by atoms with Gasteiger partial charge in [-0.25, -0.2) is 13.4 Å². The van der Waals surface area contributed by atoms with Crippen LogP contribution in [0.25, 0.3) is 11.3 Å². The summed E-state index contributed by atoms with van der Waals surface area (Å²) in [5.41, 5.74) is 1.57. The summed E-state index contributed by atoms with van der Waals surface area (Å²) in [5, 5.41) is 5.44. The molecule has 2 aromatic carbocycles. The van der Waals surface area contributed by atoms with Gasteiger partial charge in [0.25, 0.3) is 5.91 Å². The van der Waals surface area contributed by atoms with Crippen molar-refractivity contribution >= 4 is 44.0 Å². The first-order valence-corrected chi connectivity index (χ1v) is 12.4. The Balaban J connectivity index is 1.58. The number of benzene rings is 2. The molecular weight excluding hydrogens is 474 g/mol. The van der Waals surface area contributed by atoms with Crippen molar-refractivity contribution in [3.8, 4) is 17.0 Å². The molecule has 1 aliphatic rings. The first-order chi connectivity index (χ1) is 15.4. The van der Waals surface area contributed by atoms with Gasteiger partial charge in [0.2, 0.25) is 10.0 Å². The molecule has 0 atom stereocenters. The molecule has 0 aliphatic carbocycles. The van der Waals surface area contributed by atoms with Gasteiger partial charge in [0, 0.05) is 34.6 Å². The summed E-state index contributed by atoms with van der Waals surface area (Å²) in [4.78, 5) is 17.2. The standard InChI is InChI=1S/C21H20ClN3O5S2/c1-29-18-7-6-14(12-19(18)32(27,28)25-8-10-30-11-9-25)20(26)24-21-23-17(13-31-21)15-4-2-3-5-16(15)22/h2-7,12-13H,8-11H2,1H3,(H,23,24,26). The van der Waals surface area contributed by atoms with E-state index >= 15 is 0 Å². The first-order valence-electron chi connectivity index (χ1n) is 9.68. The number of carbonyl (C=O) groups excluding carboxylic acids is 1. The number of carbonyl (C=O) groups is 1. The van der Waals surface area contributed by atoms with Crippen LogP contribution in [0.3, 0.4) is 0 Å². The van der Waals surface area contributed by atoms with Crippen LogP contribution in [-0.4, -0.2) is 57.0 Å². The quantitative estimate of drug-likeness (QED) is 0.561. The second-order valence-corrected chi connectivity index (χ2v) is 10.0. The molecule has 0 spiro atoms. The number of nitrogens with one attached hydrogen (secondary N) is 1. The van der Waals surface area contributed by atoms with Crippen molar-refractivity contribution in [1.82, 2.24) is 9.29 Å². The highest BCUT2D eigenvalue weighted by molar-refractivity contribution is 7.89. The largest absolute Gasteiger partial charge is 0.495 e. The molecule has 32 heavy (non-hydrogen) atoms. The Labute approximate surface area is 194 Å². The van der Waals surface area contributed by atoms with E-state index in [1.165, 1.54) is 41.0 Å². The second-order valence-electron chi connectivity index (χ2n) is 6.85. The SMILES string of the molecule is COc1ccc(C(=O)Nc2nc(-c3ccccc3Cl)cs2)cc1S(=O)(=O)N1CCOCC1. The summed E-state index contributed by atoms with van der Waals surface area (Å²) in [6.07, 6.45) is 0. The average Bonchev–Trinajstić information content (AvgIpc) is 3.27. The third kappa shape index (κ3) is 4.64. The number of sulfonamides is 1. The van der Waals surface area contributed by atoms with E-state index in [1.54, 1.807) is 11.4 Å². The van der Waals surface area contributed by atoms with Crippen molar-refractivity contribution in [1.29, 1.82) is 0 Å². The van der Waals surface area contributed by atoms with Crippen LogP contribution in [0.5, 0.6) is 5.75 Å². The Bertz CT molecular complexity index is 1240. The molecule has 0 bridgehead atoms. The average molecular weight is 494 g/mol. The molecule has 2 heterocycles. The molecule has 1 aliphatic heterocycles. The van der Waals surface area contributed by atoms with Gasteiger partial charge in [-0.1, -0.05) is 29.8 Å². The zero-order chi connectivity index (χ0) is 22.7. The molecule has 3 aromatic rings. The number of anilines is 1. The topological polar surface area (TPSA) is 97.8 Å². The summed E-state index contributed by atoms with van der Waals surface area (Å²) < 4.78 is 38.1. The third-order valence-electron chi connectivity index (χ3n) is 4.89. The van der Waals surface area contributed by atoms with Crippen molar-refractivity contribution in [3.05, 3.63) is 58.4 Å². The third-order valence-corrected chi connectivity index (χ3v) is 7.90. The number of hydrogen-bond acceptors (Lipinski definition) is 7. The molecule has 1 fully saturated rings. The van der Waals surface area contributed by atoms with E-state index in [1.807, 2.05) is 18.2 Å². The van der Waals surface area contributed by atoms with Gasteiger partial charge in [-0.2, -0.15) is 4.31 Å². The lowest BCUT2D eigenvalue weighted by Gasteiger charge is -2.26. The van der Waals surface area contributed by atoms with Crippen LogP contribution in [0.15, 0.2) is 52.7 Å². The minimum atomic E-state index is -3.85. The molecule has 1 aromatic heterocycles. The maximum absolute atomic E-state index is 13.1. The molecule has 11 heteroatoms. The minimum Gasteiger partial charge on any atom is -0.495 e. The van der Waals surface area contributed by atoms with E-state index in [2.05, 4.69) is 10.3 Å². The predicted molar refractivity (Wildman–Crippen MR) is 123 cm³/mol. The Morgan fingerprint density at radius 1 is 1.22 bits per heavy atom. The van der Waals surface area contributed by atoms with E-state index in [4.69, 9.17) is 21.1 Å². The molecule has 1 N–H and O–H groups in total. The van der Waals surface area contributed by atoms with Gasteiger partial charge in [-0.05, 0) is 24.3 Å². The number of rotatable bonds is 6. The lowest BCUT2D eigenvalue weighted by molar-refractivity contribution is 0.0729. The molecule has 0 unspecified atom stereocenters. The van der Waals surface area contributed by atoms with E-state index in [9.17, 15) is 13.2 Å². The smallest absolute Gasteiger partial charge is 0.257 e. The summed E-state index contributed by atoms with van der Waals surface area (Å²) in [5.74, 6) is -0.311. The van der Waals surface area contributed by atoms with Crippen LogP contribution < -0.4 is 10.1 Å². The number of ether oxygens (including phenoxy) is 2. The number of methoxy groups -OCH3 is 1. The van der Waals surface area contributed by atoms with Gasteiger partial charge in [0.05, 0.1) is 26.0 Å². The zero-order valence-corrected chi connectivity index (χ0v) is 19.5. The number of nitrogens with zero attached hydrogens (tertiary/aromatic N) is 2. The minimum absolute atomic E-state index is 0.0644. The maximum Gasteiger partial charge on any atom is 0.257 e.